The lowest BCUT2D eigenvalue weighted by molar-refractivity contribution is 0.0954. The Morgan fingerprint density at radius 3 is 2.56 bits per heavy atom. The van der Waals surface area contributed by atoms with Crippen LogP contribution in [-0.4, -0.2) is 20.5 Å². The summed E-state index contributed by atoms with van der Waals surface area (Å²) in [5, 5.41) is 0. The molecule has 0 N–H and O–H groups in total. The highest BCUT2D eigenvalue weighted by Gasteiger charge is 2.51. The molecule has 3 rings (SSSR count). The Morgan fingerprint density at radius 2 is 1.83 bits per heavy atom. The number of rotatable bonds is 0. The molecule has 2 atom stereocenters. The quantitative estimate of drug-likeness (QED) is 0.672. The summed E-state index contributed by atoms with van der Waals surface area (Å²) in [6.45, 7) is 4.08. The number of carbonyl (C=O) groups excluding carboxylic acids is 1. The van der Waals surface area contributed by atoms with E-state index in [1.807, 2.05) is 31.2 Å². The van der Waals surface area contributed by atoms with E-state index in [1.165, 1.54) is 11.1 Å². The largest absolute Gasteiger partial charge is 0.292 e. The minimum absolute atomic E-state index is 0.0864. The Morgan fingerprint density at radius 1 is 1.11 bits per heavy atom. The summed E-state index contributed by atoms with van der Waals surface area (Å²) in [5.41, 5.74) is 4.25. The Bertz CT molecular complexity index is 600. The lowest BCUT2D eigenvalue weighted by Gasteiger charge is -2.32. The van der Waals surface area contributed by atoms with Gasteiger partial charge in [0.15, 0.2) is 5.78 Å². The fraction of sp³-hybridized carbons (Fsp3) is 0.400. The van der Waals surface area contributed by atoms with Gasteiger partial charge < -0.3 is 0 Å². The summed E-state index contributed by atoms with van der Waals surface area (Å²) < 4.78 is 11.8. The normalized spacial score (nSPS) is 31.0. The lowest BCUT2D eigenvalue weighted by Crippen LogP contribution is -2.45. The van der Waals surface area contributed by atoms with Crippen molar-refractivity contribution in [1.29, 1.82) is 0 Å². The van der Waals surface area contributed by atoms with Crippen LogP contribution in [-0.2, 0) is 17.2 Å². The van der Waals surface area contributed by atoms with Crippen LogP contribution in [0.4, 0.5) is 0 Å². The first-order valence-electron chi connectivity index (χ1n) is 6.21. The molecular formula is C15H16O2S. The van der Waals surface area contributed by atoms with E-state index in [9.17, 15) is 9.00 Å². The molecule has 1 heterocycles. The van der Waals surface area contributed by atoms with Gasteiger partial charge in [0, 0.05) is 22.1 Å². The molecule has 2 aliphatic rings. The highest BCUT2D eigenvalue weighted by Crippen LogP contribution is 2.42. The summed E-state index contributed by atoms with van der Waals surface area (Å²) in [7, 11) is -1.09. The number of allylic oxidation sites excluding steroid dienone is 1. The molecule has 94 valence electrons. The van der Waals surface area contributed by atoms with E-state index in [4.69, 9.17) is 0 Å². The average Bonchev–Trinajstić information content (AvgIpc) is 2.62. The minimum Gasteiger partial charge on any atom is -0.292 e. The topological polar surface area (TPSA) is 34.1 Å². The number of fused-ring (bicyclic) bond motifs is 1. The standard InChI is InChI=1S/C15H16O2S/c1-10-7-15(18(17)9-11(10)2)8-12-5-3-4-6-13(12)14(15)16/h3-6H,7-9H2,1-2H3. The maximum Gasteiger partial charge on any atom is 0.182 e. The van der Waals surface area contributed by atoms with Crippen molar-refractivity contribution >= 4 is 16.6 Å². The third kappa shape index (κ3) is 1.46. The second-order valence-corrected chi connectivity index (χ2v) is 7.15. The summed E-state index contributed by atoms with van der Waals surface area (Å²) in [6, 6.07) is 7.68. The van der Waals surface area contributed by atoms with Gasteiger partial charge in [0.2, 0.25) is 0 Å². The van der Waals surface area contributed by atoms with Crippen molar-refractivity contribution in [2.75, 3.05) is 5.75 Å². The Balaban J connectivity index is 2.11. The van der Waals surface area contributed by atoms with Gasteiger partial charge in [0.1, 0.15) is 4.75 Å². The number of hydrogen-bond donors (Lipinski definition) is 0. The van der Waals surface area contributed by atoms with Crippen LogP contribution in [0, 0.1) is 0 Å². The molecule has 2 unspecified atom stereocenters. The molecule has 0 saturated heterocycles. The highest BCUT2D eigenvalue weighted by molar-refractivity contribution is 7.87. The molecule has 1 aromatic rings. The Hall–Kier alpha value is -1.22. The van der Waals surface area contributed by atoms with E-state index in [2.05, 4.69) is 6.92 Å². The van der Waals surface area contributed by atoms with E-state index < -0.39 is 15.5 Å². The summed E-state index contributed by atoms with van der Waals surface area (Å²) in [5.74, 6) is 0.634. The predicted molar refractivity (Wildman–Crippen MR) is 73.2 cm³/mol. The first-order valence-corrected chi connectivity index (χ1v) is 7.53. The smallest absolute Gasteiger partial charge is 0.182 e. The molecular weight excluding hydrogens is 244 g/mol. The number of carbonyl (C=O) groups is 1. The second kappa shape index (κ2) is 3.89. The van der Waals surface area contributed by atoms with Gasteiger partial charge in [-0.25, -0.2) is 0 Å². The zero-order chi connectivity index (χ0) is 12.9. The molecule has 1 aliphatic carbocycles. The Kier molecular flexibility index (Phi) is 2.56. The van der Waals surface area contributed by atoms with Crippen molar-refractivity contribution in [2.45, 2.75) is 31.4 Å². The van der Waals surface area contributed by atoms with E-state index in [0.717, 1.165) is 11.1 Å². The Labute approximate surface area is 110 Å². The van der Waals surface area contributed by atoms with E-state index in [-0.39, 0.29) is 5.78 Å². The van der Waals surface area contributed by atoms with Crippen LogP contribution in [0.5, 0.6) is 0 Å². The van der Waals surface area contributed by atoms with Gasteiger partial charge in [-0.05, 0) is 32.3 Å². The van der Waals surface area contributed by atoms with E-state index >= 15 is 0 Å². The van der Waals surface area contributed by atoms with Crippen molar-refractivity contribution < 1.29 is 9.00 Å². The van der Waals surface area contributed by atoms with Crippen LogP contribution in [0.2, 0.25) is 0 Å². The summed E-state index contributed by atoms with van der Waals surface area (Å²) in [4.78, 5) is 12.6. The molecule has 0 aromatic heterocycles. The zero-order valence-corrected chi connectivity index (χ0v) is 11.5. The molecule has 1 aliphatic heterocycles. The summed E-state index contributed by atoms with van der Waals surface area (Å²) >= 11 is 0. The minimum atomic E-state index is -1.09. The fourth-order valence-electron chi connectivity index (χ4n) is 2.97. The molecule has 1 spiro atoms. The van der Waals surface area contributed by atoms with Gasteiger partial charge in [-0.15, -0.1) is 0 Å². The monoisotopic (exact) mass is 260 g/mol. The first kappa shape index (κ1) is 11.8. The van der Waals surface area contributed by atoms with Gasteiger partial charge in [-0.3, -0.25) is 9.00 Å². The second-order valence-electron chi connectivity index (χ2n) is 5.38. The number of hydrogen-bond acceptors (Lipinski definition) is 2. The van der Waals surface area contributed by atoms with Crippen LogP contribution in [0.3, 0.4) is 0 Å². The molecule has 2 nitrogen and oxygen atoms in total. The molecule has 3 heteroatoms. The van der Waals surface area contributed by atoms with Crippen molar-refractivity contribution in [3.05, 3.63) is 46.5 Å². The van der Waals surface area contributed by atoms with Crippen molar-refractivity contribution in [3.8, 4) is 0 Å². The maximum atomic E-state index is 12.6. The average molecular weight is 260 g/mol. The number of Topliss-reactive ketones (excluding diaryl/α,β-unsaturated/α-hetero) is 1. The van der Waals surface area contributed by atoms with Gasteiger partial charge in [0.25, 0.3) is 0 Å². The maximum absolute atomic E-state index is 12.6. The van der Waals surface area contributed by atoms with Crippen LogP contribution in [0.1, 0.15) is 36.2 Å². The van der Waals surface area contributed by atoms with E-state index in [0.29, 0.717) is 18.6 Å². The molecule has 0 fully saturated rings. The van der Waals surface area contributed by atoms with Crippen molar-refractivity contribution in [3.63, 3.8) is 0 Å². The highest BCUT2D eigenvalue weighted by atomic mass is 32.2. The third-order valence-electron chi connectivity index (χ3n) is 4.21. The van der Waals surface area contributed by atoms with Crippen LogP contribution in [0.15, 0.2) is 35.4 Å². The number of benzene rings is 1. The van der Waals surface area contributed by atoms with Crippen LogP contribution < -0.4 is 0 Å². The van der Waals surface area contributed by atoms with Gasteiger partial charge in [-0.1, -0.05) is 35.4 Å². The zero-order valence-electron chi connectivity index (χ0n) is 10.7. The molecule has 0 bridgehead atoms. The molecule has 18 heavy (non-hydrogen) atoms. The lowest BCUT2D eigenvalue weighted by atomic mass is 9.92. The van der Waals surface area contributed by atoms with Crippen molar-refractivity contribution in [2.24, 2.45) is 0 Å². The van der Waals surface area contributed by atoms with Crippen LogP contribution in [0.25, 0.3) is 0 Å². The molecule has 0 amide bonds. The summed E-state index contributed by atoms with van der Waals surface area (Å²) in [6.07, 6.45) is 1.29. The molecule has 0 saturated carbocycles. The van der Waals surface area contributed by atoms with E-state index in [1.54, 1.807) is 0 Å². The van der Waals surface area contributed by atoms with Gasteiger partial charge >= 0.3 is 0 Å². The molecule has 0 radical (unpaired) electrons. The fourth-order valence-corrected chi connectivity index (χ4v) is 4.90. The van der Waals surface area contributed by atoms with Crippen LogP contribution >= 0.6 is 0 Å². The number of ketones is 1. The van der Waals surface area contributed by atoms with Crippen molar-refractivity contribution in [1.82, 2.24) is 0 Å². The first-order chi connectivity index (χ1) is 8.54. The molecule has 1 aromatic carbocycles. The van der Waals surface area contributed by atoms with Gasteiger partial charge in [-0.2, -0.15) is 0 Å². The third-order valence-corrected chi connectivity index (χ3v) is 6.26. The predicted octanol–water partition coefficient (Wildman–Crippen LogP) is 2.65. The SMILES string of the molecule is CC1=C(C)CC2(Cc3ccccc3C2=O)S(=O)C1. The van der Waals surface area contributed by atoms with Gasteiger partial charge in [0.05, 0.1) is 0 Å².